The fourth-order valence-corrected chi connectivity index (χ4v) is 2.78. The van der Waals surface area contributed by atoms with Gasteiger partial charge in [-0.3, -0.25) is 0 Å². The van der Waals surface area contributed by atoms with Crippen LogP contribution >= 0.6 is 0 Å². The van der Waals surface area contributed by atoms with Crippen molar-refractivity contribution in [2.75, 3.05) is 6.61 Å². The molecule has 0 aliphatic carbocycles. The molecule has 4 rings (SSSR count). The van der Waals surface area contributed by atoms with Crippen molar-refractivity contribution in [2.24, 2.45) is 0 Å². The second-order valence-corrected chi connectivity index (χ2v) is 5.78. The van der Waals surface area contributed by atoms with Crippen LogP contribution in [0, 0.1) is 5.82 Å². The summed E-state index contributed by atoms with van der Waals surface area (Å²) in [6, 6.07) is 13.1. The number of hydrogen-bond donors (Lipinski definition) is 0. The number of esters is 1. The Morgan fingerprint density at radius 1 is 1.19 bits per heavy atom. The number of carbonyl (C=O) groups is 1. The number of aromatic nitrogens is 4. The third-order valence-electron chi connectivity index (χ3n) is 4.01. The number of carbonyl (C=O) groups excluding carboxylic acids is 1. The standard InChI is InChI=1S/C19H15FN4O3/c1-2-26-19(25)17-15(14-5-3-4-6-16(14)27-17)11-24-22-18(21-23-24)12-7-9-13(20)10-8-12/h3-10H,2,11H2,1H3. The van der Waals surface area contributed by atoms with Gasteiger partial charge in [-0.05, 0) is 42.5 Å². The molecule has 0 saturated carbocycles. The van der Waals surface area contributed by atoms with Crippen molar-refractivity contribution < 1.29 is 18.3 Å². The minimum absolute atomic E-state index is 0.124. The van der Waals surface area contributed by atoms with E-state index in [0.29, 0.717) is 22.5 Å². The molecule has 2 aromatic carbocycles. The number of hydrogen-bond acceptors (Lipinski definition) is 6. The predicted octanol–water partition coefficient (Wildman–Crippen LogP) is 3.45. The number of tetrazole rings is 1. The average Bonchev–Trinajstić information content (AvgIpc) is 3.28. The molecule has 0 aliphatic heterocycles. The summed E-state index contributed by atoms with van der Waals surface area (Å²) in [5.41, 5.74) is 1.84. The number of para-hydroxylation sites is 1. The topological polar surface area (TPSA) is 83.0 Å². The first kappa shape index (κ1) is 16.9. The number of rotatable bonds is 5. The molecule has 2 heterocycles. The summed E-state index contributed by atoms with van der Waals surface area (Å²) >= 11 is 0. The lowest BCUT2D eigenvalue weighted by atomic mass is 10.1. The van der Waals surface area contributed by atoms with Gasteiger partial charge in [-0.2, -0.15) is 4.80 Å². The normalized spacial score (nSPS) is 11.0. The number of halogens is 1. The highest BCUT2D eigenvalue weighted by atomic mass is 19.1. The van der Waals surface area contributed by atoms with Crippen molar-refractivity contribution in [1.29, 1.82) is 0 Å². The van der Waals surface area contributed by atoms with Gasteiger partial charge >= 0.3 is 5.97 Å². The fraction of sp³-hybridized carbons (Fsp3) is 0.158. The van der Waals surface area contributed by atoms with Gasteiger partial charge in [0.2, 0.25) is 11.6 Å². The van der Waals surface area contributed by atoms with Gasteiger partial charge in [-0.1, -0.05) is 18.2 Å². The smallest absolute Gasteiger partial charge is 0.374 e. The third-order valence-corrected chi connectivity index (χ3v) is 4.01. The van der Waals surface area contributed by atoms with Gasteiger partial charge in [-0.25, -0.2) is 9.18 Å². The van der Waals surface area contributed by atoms with E-state index in [4.69, 9.17) is 9.15 Å². The van der Waals surface area contributed by atoms with Gasteiger partial charge in [-0.15, -0.1) is 10.2 Å². The van der Waals surface area contributed by atoms with E-state index in [1.165, 1.54) is 16.9 Å². The molecule has 2 aromatic heterocycles. The molecule has 7 nitrogen and oxygen atoms in total. The van der Waals surface area contributed by atoms with Gasteiger partial charge in [0.05, 0.1) is 13.2 Å². The van der Waals surface area contributed by atoms with Crippen molar-refractivity contribution in [2.45, 2.75) is 13.5 Å². The molecule has 0 aliphatic rings. The number of furan rings is 1. The van der Waals surface area contributed by atoms with Crippen LogP contribution < -0.4 is 0 Å². The van der Waals surface area contributed by atoms with Crippen LogP contribution in [0.4, 0.5) is 4.39 Å². The quantitative estimate of drug-likeness (QED) is 0.503. The molecule has 0 radical (unpaired) electrons. The van der Waals surface area contributed by atoms with Crippen molar-refractivity contribution in [1.82, 2.24) is 20.2 Å². The van der Waals surface area contributed by atoms with E-state index in [1.807, 2.05) is 18.2 Å². The SMILES string of the molecule is CCOC(=O)c1oc2ccccc2c1Cn1nnc(-c2ccc(F)cc2)n1. The highest BCUT2D eigenvalue weighted by Gasteiger charge is 2.22. The molecule has 0 N–H and O–H groups in total. The van der Waals surface area contributed by atoms with Crippen LogP contribution in [0.15, 0.2) is 52.9 Å². The zero-order chi connectivity index (χ0) is 18.8. The monoisotopic (exact) mass is 366 g/mol. The number of ether oxygens (including phenoxy) is 1. The van der Waals surface area contributed by atoms with Crippen molar-refractivity contribution >= 4 is 16.9 Å². The molecule has 0 amide bonds. The molecule has 0 atom stereocenters. The van der Waals surface area contributed by atoms with E-state index in [0.717, 1.165) is 5.39 Å². The zero-order valence-corrected chi connectivity index (χ0v) is 14.4. The van der Waals surface area contributed by atoms with E-state index >= 15 is 0 Å². The summed E-state index contributed by atoms with van der Waals surface area (Å²) in [5, 5.41) is 13.1. The van der Waals surface area contributed by atoms with Crippen LogP contribution in [0.3, 0.4) is 0 Å². The molecule has 136 valence electrons. The maximum Gasteiger partial charge on any atom is 0.374 e. The van der Waals surface area contributed by atoms with E-state index < -0.39 is 5.97 Å². The molecule has 0 fully saturated rings. The molecule has 0 saturated heterocycles. The molecular formula is C19H15FN4O3. The van der Waals surface area contributed by atoms with Crippen LogP contribution in [-0.2, 0) is 11.3 Å². The van der Waals surface area contributed by atoms with Crippen LogP contribution in [0.5, 0.6) is 0 Å². The first-order valence-electron chi connectivity index (χ1n) is 8.37. The summed E-state index contributed by atoms with van der Waals surface area (Å²) in [4.78, 5) is 13.6. The lowest BCUT2D eigenvalue weighted by Crippen LogP contribution is -2.10. The van der Waals surface area contributed by atoms with Crippen molar-refractivity contribution in [3.63, 3.8) is 0 Å². The molecule has 0 spiro atoms. The Bertz CT molecular complexity index is 1100. The molecular weight excluding hydrogens is 351 g/mol. The van der Waals surface area contributed by atoms with Gasteiger partial charge in [0.25, 0.3) is 0 Å². The molecule has 0 unspecified atom stereocenters. The number of fused-ring (bicyclic) bond motifs is 1. The Hall–Kier alpha value is -3.55. The van der Waals surface area contributed by atoms with E-state index in [1.54, 1.807) is 25.1 Å². The fourth-order valence-electron chi connectivity index (χ4n) is 2.78. The van der Waals surface area contributed by atoms with Gasteiger partial charge in [0, 0.05) is 16.5 Å². The minimum Gasteiger partial charge on any atom is -0.460 e. The van der Waals surface area contributed by atoms with Gasteiger partial charge in [0.1, 0.15) is 11.4 Å². The number of nitrogens with zero attached hydrogens (tertiary/aromatic N) is 4. The maximum absolute atomic E-state index is 13.1. The number of benzene rings is 2. The van der Waals surface area contributed by atoms with E-state index in [-0.39, 0.29) is 24.7 Å². The largest absolute Gasteiger partial charge is 0.460 e. The Labute approximate surface area is 153 Å². The second-order valence-electron chi connectivity index (χ2n) is 5.78. The van der Waals surface area contributed by atoms with Crippen molar-refractivity contribution in [3.8, 4) is 11.4 Å². The Kier molecular flexibility index (Phi) is 4.37. The molecule has 0 bridgehead atoms. The van der Waals surface area contributed by atoms with Gasteiger partial charge < -0.3 is 9.15 Å². The second kappa shape index (κ2) is 6.99. The maximum atomic E-state index is 13.1. The van der Waals surface area contributed by atoms with E-state index in [9.17, 15) is 9.18 Å². The lowest BCUT2D eigenvalue weighted by molar-refractivity contribution is 0.0490. The first-order chi connectivity index (χ1) is 13.2. The Balaban J connectivity index is 1.70. The van der Waals surface area contributed by atoms with Crippen LogP contribution in [0.25, 0.3) is 22.4 Å². The van der Waals surface area contributed by atoms with E-state index in [2.05, 4.69) is 15.4 Å². The highest BCUT2D eigenvalue weighted by molar-refractivity contribution is 5.96. The molecule has 8 heteroatoms. The summed E-state index contributed by atoms with van der Waals surface area (Å²) in [6.07, 6.45) is 0. The molecule has 27 heavy (non-hydrogen) atoms. The molecule has 4 aromatic rings. The van der Waals surface area contributed by atoms with Crippen LogP contribution in [-0.4, -0.2) is 32.8 Å². The summed E-state index contributed by atoms with van der Waals surface area (Å²) in [7, 11) is 0. The predicted molar refractivity (Wildman–Crippen MR) is 94.5 cm³/mol. The van der Waals surface area contributed by atoms with Crippen LogP contribution in [0.2, 0.25) is 0 Å². The first-order valence-corrected chi connectivity index (χ1v) is 8.37. The zero-order valence-electron chi connectivity index (χ0n) is 14.4. The summed E-state index contributed by atoms with van der Waals surface area (Å²) < 4.78 is 23.8. The van der Waals surface area contributed by atoms with Gasteiger partial charge in [0.15, 0.2) is 0 Å². The van der Waals surface area contributed by atoms with Crippen LogP contribution in [0.1, 0.15) is 23.0 Å². The minimum atomic E-state index is -0.539. The highest BCUT2D eigenvalue weighted by Crippen LogP contribution is 2.27. The van der Waals surface area contributed by atoms with Crippen molar-refractivity contribution in [3.05, 3.63) is 65.7 Å². The third kappa shape index (κ3) is 3.29. The lowest BCUT2D eigenvalue weighted by Gasteiger charge is -2.02. The Morgan fingerprint density at radius 3 is 2.74 bits per heavy atom. The Morgan fingerprint density at radius 2 is 1.96 bits per heavy atom. The summed E-state index contributed by atoms with van der Waals surface area (Å²) in [6.45, 7) is 2.15. The summed E-state index contributed by atoms with van der Waals surface area (Å²) in [5.74, 6) is -0.392. The average molecular weight is 366 g/mol.